The molecule has 4 rings (SSSR count). The Hall–Kier alpha value is -2.92. The largest absolute Gasteiger partial charge is 0.382 e. The first kappa shape index (κ1) is 16.5. The standard InChI is InChI=1S/C21H22N4O/c22-21(26)17-7-9-19(24-15-10-12-23-13-11-15)16-6-8-18(25-20(16)17)14-4-2-1-3-5-14/h1-9,15,23-24H,10-13H2,(H2,22,26). The van der Waals surface area contributed by atoms with Gasteiger partial charge in [-0.3, -0.25) is 4.79 Å². The number of fused-ring (bicyclic) bond motifs is 1. The summed E-state index contributed by atoms with van der Waals surface area (Å²) in [6, 6.07) is 18.1. The molecule has 0 atom stereocenters. The van der Waals surface area contributed by atoms with Gasteiger partial charge in [-0.05, 0) is 50.2 Å². The zero-order valence-corrected chi connectivity index (χ0v) is 14.5. The van der Waals surface area contributed by atoms with E-state index in [1.165, 1.54) is 0 Å². The molecule has 2 aromatic carbocycles. The van der Waals surface area contributed by atoms with E-state index in [1.54, 1.807) is 6.07 Å². The van der Waals surface area contributed by atoms with E-state index in [0.717, 1.165) is 48.3 Å². The molecule has 2 heterocycles. The summed E-state index contributed by atoms with van der Waals surface area (Å²) in [5, 5.41) is 7.92. The molecule has 26 heavy (non-hydrogen) atoms. The molecular weight excluding hydrogens is 324 g/mol. The van der Waals surface area contributed by atoms with E-state index >= 15 is 0 Å². The van der Waals surface area contributed by atoms with Crippen molar-refractivity contribution in [2.45, 2.75) is 18.9 Å². The van der Waals surface area contributed by atoms with Gasteiger partial charge in [0.15, 0.2) is 0 Å². The second-order valence-corrected chi connectivity index (χ2v) is 6.65. The predicted octanol–water partition coefficient (Wildman–Crippen LogP) is 3.16. The highest BCUT2D eigenvalue weighted by molar-refractivity contribution is 6.08. The number of nitrogens with one attached hydrogen (secondary N) is 2. The van der Waals surface area contributed by atoms with Crippen LogP contribution in [0, 0.1) is 0 Å². The van der Waals surface area contributed by atoms with Gasteiger partial charge in [0, 0.05) is 22.7 Å². The SMILES string of the molecule is NC(=O)c1ccc(NC2CCNCC2)c2ccc(-c3ccccc3)nc12. The maximum Gasteiger partial charge on any atom is 0.250 e. The number of anilines is 1. The number of piperidine rings is 1. The van der Waals surface area contributed by atoms with Crippen molar-refractivity contribution in [1.29, 1.82) is 0 Å². The number of primary amides is 1. The lowest BCUT2D eigenvalue weighted by molar-refractivity contribution is 0.100. The van der Waals surface area contributed by atoms with Crippen molar-refractivity contribution < 1.29 is 4.79 Å². The lowest BCUT2D eigenvalue weighted by atomic mass is 10.0. The molecule has 0 aliphatic carbocycles. The molecule has 0 unspecified atom stereocenters. The topological polar surface area (TPSA) is 80.0 Å². The van der Waals surface area contributed by atoms with Gasteiger partial charge in [0.1, 0.15) is 0 Å². The predicted molar refractivity (Wildman–Crippen MR) is 105 cm³/mol. The molecule has 1 fully saturated rings. The number of rotatable bonds is 4. The lowest BCUT2D eigenvalue weighted by Crippen LogP contribution is -2.35. The van der Waals surface area contributed by atoms with Crippen molar-refractivity contribution in [2.75, 3.05) is 18.4 Å². The number of hydrogen-bond acceptors (Lipinski definition) is 4. The Labute approximate surface area is 152 Å². The number of benzene rings is 2. The Kier molecular flexibility index (Phi) is 4.54. The average molecular weight is 346 g/mol. The monoisotopic (exact) mass is 346 g/mol. The Bertz CT molecular complexity index is 933. The third-order valence-corrected chi connectivity index (χ3v) is 4.89. The van der Waals surface area contributed by atoms with E-state index in [0.29, 0.717) is 17.1 Å². The third-order valence-electron chi connectivity index (χ3n) is 4.89. The van der Waals surface area contributed by atoms with Crippen LogP contribution < -0.4 is 16.4 Å². The quantitative estimate of drug-likeness (QED) is 0.678. The number of aromatic nitrogens is 1. The molecule has 3 aromatic rings. The van der Waals surface area contributed by atoms with Crippen LogP contribution in [0.5, 0.6) is 0 Å². The second-order valence-electron chi connectivity index (χ2n) is 6.65. The molecule has 5 heteroatoms. The van der Waals surface area contributed by atoms with E-state index < -0.39 is 5.91 Å². The van der Waals surface area contributed by atoms with Crippen molar-refractivity contribution in [3.63, 3.8) is 0 Å². The summed E-state index contributed by atoms with van der Waals surface area (Å²) in [7, 11) is 0. The van der Waals surface area contributed by atoms with Crippen LogP contribution in [0.3, 0.4) is 0 Å². The van der Waals surface area contributed by atoms with E-state index in [2.05, 4.69) is 10.6 Å². The van der Waals surface area contributed by atoms with Crippen LogP contribution in [0.2, 0.25) is 0 Å². The lowest BCUT2D eigenvalue weighted by Gasteiger charge is -2.25. The minimum absolute atomic E-state index is 0.424. The minimum atomic E-state index is -0.457. The molecule has 0 spiro atoms. The summed E-state index contributed by atoms with van der Waals surface area (Å²) >= 11 is 0. The highest BCUT2D eigenvalue weighted by atomic mass is 16.1. The zero-order chi connectivity index (χ0) is 17.9. The summed E-state index contributed by atoms with van der Waals surface area (Å²) in [5.41, 5.74) is 9.55. The fourth-order valence-corrected chi connectivity index (χ4v) is 3.50. The van der Waals surface area contributed by atoms with Crippen molar-refractivity contribution >= 4 is 22.5 Å². The number of carbonyl (C=O) groups is 1. The third kappa shape index (κ3) is 3.26. The van der Waals surface area contributed by atoms with Gasteiger partial charge in [0.05, 0.1) is 16.8 Å². The number of amides is 1. The van der Waals surface area contributed by atoms with E-state index in [4.69, 9.17) is 10.7 Å². The normalized spacial score (nSPS) is 15.1. The van der Waals surface area contributed by atoms with E-state index in [1.807, 2.05) is 48.5 Å². The van der Waals surface area contributed by atoms with Gasteiger partial charge >= 0.3 is 0 Å². The number of hydrogen-bond donors (Lipinski definition) is 3. The molecule has 0 saturated carbocycles. The summed E-state index contributed by atoms with van der Waals surface area (Å²) in [6.07, 6.45) is 2.16. The Morgan fingerprint density at radius 1 is 1.04 bits per heavy atom. The fourth-order valence-electron chi connectivity index (χ4n) is 3.50. The van der Waals surface area contributed by atoms with Gasteiger partial charge < -0.3 is 16.4 Å². The Balaban J connectivity index is 1.80. The van der Waals surface area contributed by atoms with Crippen LogP contribution >= 0.6 is 0 Å². The molecule has 132 valence electrons. The maximum absolute atomic E-state index is 11.9. The molecule has 1 aromatic heterocycles. The van der Waals surface area contributed by atoms with Crippen LogP contribution in [0.1, 0.15) is 23.2 Å². The highest BCUT2D eigenvalue weighted by Gasteiger charge is 2.17. The van der Waals surface area contributed by atoms with Gasteiger partial charge in [-0.25, -0.2) is 4.98 Å². The van der Waals surface area contributed by atoms with E-state index in [9.17, 15) is 4.79 Å². The maximum atomic E-state index is 11.9. The van der Waals surface area contributed by atoms with Crippen LogP contribution in [0.4, 0.5) is 5.69 Å². The van der Waals surface area contributed by atoms with Crippen LogP contribution in [0.15, 0.2) is 54.6 Å². The number of carbonyl (C=O) groups excluding carboxylic acids is 1. The molecule has 1 saturated heterocycles. The fraction of sp³-hybridized carbons (Fsp3) is 0.238. The van der Waals surface area contributed by atoms with Crippen molar-refractivity contribution in [2.24, 2.45) is 5.73 Å². The first-order valence-electron chi connectivity index (χ1n) is 8.98. The van der Waals surface area contributed by atoms with Gasteiger partial charge in [0.25, 0.3) is 5.91 Å². The Morgan fingerprint density at radius 3 is 2.54 bits per heavy atom. The molecule has 1 amide bonds. The highest BCUT2D eigenvalue weighted by Crippen LogP contribution is 2.29. The summed E-state index contributed by atoms with van der Waals surface area (Å²) in [6.45, 7) is 2.04. The van der Waals surface area contributed by atoms with Gasteiger partial charge in [-0.2, -0.15) is 0 Å². The molecule has 1 aliphatic heterocycles. The van der Waals surface area contributed by atoms with Crippen LogP contribution in [-0.2, 0) is 0 Å². The molecule has 4 N–H and O–H groups in total. The first-order valence-corrected chi connectivity index (χ1v) is 8.98. The van der Waals surface area contributed by atoms with E-state index in [-0.39, 0.29) is 0 Å². The van der Waals surface area contributed by atoms with Gasteiger partial charge in [-0.1, -0.05) is 30.3 Å². The van der Waals surface area contributed by atoms with Crippen LogP contribution in [0.25, 0.3) is 22.2 Å². The zero-order valence-electron chi connectivity index (χ0n) is 14.5. The van der Waals surface area contributed by atoms with Crippen molar-refractivity contribution in [3.05, 3.63) is 60.2 Å². The van der Waals surface area contributed by atoms with Gasteiger partial charge in [0.2, 0.25) is 0 Å². The van der Waals surface area contributed by atoms with Crippen molar-refractivity contribution in [1.82, 2.24) is 10.3 Å². The number of nitrogens with zero attached hydrogens (tertiary/aromatic N) is 1. The molecule has 1 aliphatic rings. The number of nitrogens with two attached hydrogens (primary N) is 1. The molecule has 0 bridgehead atoms. The summed E-state index contributed by atoms with van der Waals surface area (Å²) in [5.74, 6) is -0.457. The summed E-state index contributed by atoms with van der Waals surface area (Å²) in [4.78, 5) is 16.7. The second kappa shape index (κ2) is 7.14. The molecule has 0 radical (unpaired) electrons. The first-order chi connectivity index (χ1) is 12.7. The smallest absolute Gasteiger partial charge is 0.250 e. The Morgan fingerprint density at radius 2 is 1.81 bits per heavy atom. The van der Waals surface area contributed by atoms with Crippen molar-refractivity contribution in [3.8, 4) is 11.3 Å². The summed E-state index contributed by atoms with van der Waals surface area (Å²) < 4.78 is 0. The number of pyridine rings is 1. The van der Waals surface area contributed by atoms with Crippen LogP contribution in [-0.4, -0.2) is 30.0 Å². The molecular formula is C21H22N4O. The molecule has 5 nitrogen and oxygen atoms in total. The van der Waals surface area contributed by atoms with Gasteiger partial charge in [-0.15, -0.1) is 0 Å². The average Bonchev–Trinajstić information content (AvgIpc) is 2.69. The minimum Gasteiger partial charge on any atom is -0.382 e.